The van der Waals surface area contributed by atoms with Crippen molar-refractivity contribution in [1.29, 1.82) is 0 Å². The van der Waals surface area contributed by atoms with Gasteiger partial charge in [-0.2, -0.15) is 0 Å². The van der Waals surface area contributed by atoms with Crippen LogP contribution in [0.1, 0.15) is 11.5 Å². The summed E-state index contributed by atoms with van der Waals surface area (Å²) in [4.78, 5) is 14.3. The summed E-state index contributed by atoms with van der Waals surface area (Å²) in [6, 6.07) is 11.8. The van der Waals surface area contributed by atoms with Crippen LogP contribution in [0.25, 0.3) is 21.7 Å². The van der Waals surface area contributed by atoms with Crippen molar-refractivity contribution in [1.82, 2.24) is 0 Å². The first-order valence-corrected chi connectivity index (χ1v) is 8.23. The molecule has 2 heterocycles. The van der Waals surface area contributed by atoms with Crippen LogP contribution in [-0.2, 0) is 4.74 Å². The van der Waals surface area contributed by atoms with E-state index < -0.39 is 0 Å². The predicted octanol–water partition coefficient (Wildman–Crippen LogP) is 5.18. The van der Waals surface area contributed by atoms with E-state index in [0.29, 0.717) is 11.1 Å². The van der Waals surface area contributed by atoms with Crippen LogP contribution in [0.15, 0.2) is 95.8 Å². The Morgan fingerprint density at radius 2 is 1.69 bits per heavy atom. The highest BCUT2D eigenvalue weighted by atomic mass is 16.5. The van der Waals surface area contributed by atoms with Crippen molar-refractivity contribution < 1.29 is 9.15 Å². The number of rotatable bonds is 4. The van der Waals surface area contributed by atoms with E-state index in [1.54, 1.807) is 24.9 Å². The Hall–Kier alpha value is -3.53. The first-order valence-electron chi connectivity index (χ1n) is 8.23. The van der Waals surface area contributed by atoms with Gasteiger partial charge in [0.2, 0.25) is 0 Å². The van der Waals surface area contributed by atoms with Crippen molar-refractivity contribution in [3.63, 3.8) is 0 Å². The minimum Gasteiger partial charge on any atom is -0.473 e. The lowest BCUT2D eigenvalue weighted by molar-refractivity contribution is 0.389. The molecule has 128 valence electrons. The molecule has 0 atom stereocenters. The second-order valence-electron chi connectivity index (χ2n) is 6.00. The van der Waals surface area contributed by atoms with Crippen molar-refractivity contribution >= 4 is 27.4 Å². The molecule has 1 aliphatic heterocycles. The van der Waals surface area contributed by atoms with E-state index in [4.69, 9.17) is 9.15 Å². The molecule has 0 fully saturated rings. The molecule has 0 saturated heterocycles. The minimum atomic E-state index is -0.340. The van der Waals surface area contributed by atoms with E-state index in [9.17, 15) is 4.79 Å². The van der Waals surface area contributed by atoms with Gasteiger partial charge in [-0.3, -0.25) is 0 Å². The Morgan fingerprint density at radius 1 is 0.923 bits per heavy atom. The van der Waals surface area contributed by atoms with Crippen molar-refractivity contribution in [2.24, 2.45) is 0 Å². The zero-order chi connectivity index (χ0) is 18.1. The largest absolute Gasteiger partial charge is 0.473 e. The van der Waals surface area contributed by atoms with Crippen LogP contribution < -0.4 is 10.5 Å². The summed E-state index contributed by atoms with van der Waals surface area (Å²) in [6.07, 6.45) is 10.2. The molecule has 0 saturated carbocycles. The Balaban J connectivity index is 1.87. The highest BCUT2D eigenvalue weighted by Gasteiger charge is 2.15. The third-order valence-electron chi connectivity index (χ3n) is 4.48. The smallest absolute Gasteiger partial charge is 0.340 e. The van der Waals surface area contributed by atoms with Crippen LogP contribution in [0.5, 0.6) is 0 Å². The van der Waals surface area contributed by atoms with E-state index >= 15 is 0 Å². The zero-order valence-electron chi connectivity index (χ0n) is 14.1. The number of allylic oxidation sites excluding steroid dienone is 2. The quantitative estimate of drug-likeness (QED) is 0.483. The Kier molecular flexibility index (Phi) is 3.93. The Bertz CT molecular complexity index is 1120. The fraction of sp³-hybridized carbons (Fsp3) is 0.0455. The van der Waals surface area contributed by atoms with E-state index in [2.05, 4.69) is 13.2 Å². The van der Waals surface area contributed by atoms with Gasteiger partial charge >= 0.3 is 5.63 Å². The van der Waals surface area contributed by atoms with Gasteiger partial charge in [0.1, 0.15) is 5.58 Å². The highest BCUT2D eigenvalue weighted by Crippen LogP contribution is 2.29. The lowest BCUT2D eigenvalue weighted by Gasteiger charge is -2.15. The van der Waals surface area contributed by atoms with Gasteiger partial charge < -0.3 is 14.1 Å². The summed E-state index contributed by atoms with van der Waals surface area (Å²) in [5.74, 6) is -0.142. The van der Waals surface area contributed by atoms with Crippen LogP contribution in [0.3, 0.4) is 0 Å². The fourth-order valence-electron chi connectivity index (χ4n) is 3.12. The summed E-state index contributed by atoms with van der Waals surface area (Å²) in [5.41, 5.74) is 1.76. The van der Waals surface area contributed by atoms with Crippen LogP contribution >= 0.6 is 0 Å². The molecule has 0 bridgehead atoms. The third kappa shape index (κ3) is 2.71. The number of fused-ring (bicyclic) bond motifs is 2. The maximum atomic E-state index is 12.4. The molecular weight excluding hydrogens is 326 g/mol. The van der Waals surface area contributed by atoms with Gasteiger partial charge in [0.05, 0.1) is 12.5 Å². The topological polar surface area (TPSA) is 42.7 Å². The summed E-state index contributed by atoms with van der Waals surface area (Å²) >= 11 is 0. The SMILES string of the molecule is C=CN(C=C)c1ccc2cc3cc(C4C=COC=C4)c(=O)oc3cc2c1. The second kappa shape index (κ2) is 6.41. The number of anilines is 1. The Morgan fingerprint density at radius 3 is 2.42 bits per heavy atom. The monoisotopic (exact) mass is 343 g/mol. The van der Waals surface area contributed by atoms with Gasteiger partial charge in [-0.05, 0) is 53.3 Å². The second-order valence-corrected chi connectivity index (χ2v) is 6.00. The minimum absolute atomic E-state index is 0.142. The lowest BCUT2D eigenvalue weighted by atomic mass is 9.98. The van der Waals surface area contributed by atoms with Crippen LogP contribution in [0.4, 0.5) is 5.69 Å². The van der Waals surface area contributed by atoms with Gasteiger partial charge in [-0.1, -0.05) is 19.2 Å². The normalized spacial score (nSPS) is 13.7. The van der Waals surface area contributed by atoms with Gasteiger partial charge in [0, 0.05) is 35.0 Å². The molecule has 1 aliphatic rings. The van der Waals surface area contributed by atoms with Gasteiger partial charge in [-0.15, -0.1) is 0 Å². The molecular formula is C22H17NO3. The molecule has 0 amide bonds. The van der Waals surface area contributed by atoms with Crippen LogP contribution in [-0.4, -0.2) is 0 Å². The molecule has 1 aromatic heterocycles. The maximum absolute atomic E-state index is 12.4. The number of ether oxygens (including phenoxy) is 1. The summed E-state index contributed by atoms with van der Waals surface area (Å²) in [6.45, 7) is 7.56. The molecule has 4 heteroatoms. The van der Waals surface area contributed by atoms with Gasteiger partial charge in [-0.25, -0.2) is 4.79 Å². The van der Waals surface area contributed by atoms with Crippen LogP contribution in [0.2, 0.25) is 0 Å². The number of benzene rings is 2. The number of nitrogens with zero attached hydrogens (tertiary/aromatic N) is 1. The predicted molar refractivity (Wildman–Crippen MR) is 105 cm³/mol. The standard InChI is InChI=1S/C22H17NO3/c1-3-23(4-2)19-6-5-16-11-18-13-20(15-7-9-25-10-8-15)22(24)26-21(18)14-17(16)12-19/h3-15H,1-2H2. The molecule has 0 unspecified atom stereocenters. The average Bonchev–Trinajstić information content (AvgIpc) is 2.67. The molecule has 2 aromatic carbocycles. The molecule has 3 aromatic rings. The van der Waals surface area contributed by atoms with Crippen LogP contribution in [0, 0.1) is 0 Å². The van der Waals surface area contributed by atoms with Crippen molar-refractivity contribution in [3.8, 4) is 0 Å². The molecule has 0 N–H and O–H groups in total. The van der Waals surface area contributed by atoms with Crippen molar-refractivity contribution in [2.75, 3.05) is 4.90 Å². The maximum Gasteiger partial charge on any atom is 0.340 e. The first kappa shape index (κ1) is 16.0. The fourth-order valence-corrected chi connectivity index (χ4v) is 3.12. The van der Waals surface area contributed by atoms with E-state index in [1.165, 1.54) is 0 Å². The molecule has 0 spiro atoms. The Labute approximate surface area is 150 Å². The van der Waals surface area contributed by atoms with E-state index in [0.717, 1.165) is 21.8 Å². The summed E-state index contributed by atoms with van der Waals surface area (Å²) < 4.78 is 10.6. The lowest BCUT2D eigenvalue weighted by Crippen LogP contribution is -2.10. The first-order chi connectivity index (χ1) is 12.7. The van der Waals surface area contributed by atoms with Crippen molar-refractivity contribution in [3.05, 3.63) is 103 Å². The summed E-state index contributed by atoms with van der Waals surface area (Å²) in [5, 5.41) is 2.93. The zero-order valence-corrected chi connectivity index (χ0v) is 14.1. The van der Waals surface area contributed by atoms with E-state index in [-0.39, 0.29) is 11.5 Å². The molecule has 4 rings (SSSR count). The number of hydrogen-bond donors (Lipinski definition) is 0. The number of hydrogen-bond acceptors (Lipinski definition) is 4. The molecule has 0 radical (unpaired) electrons. The van der Waals surface area contributed by atoms with Gasteiger partial charge in [0.15, 0.2) is 0 Å². The van der Waals surface area contributed by atoms with Crippen molar-refractivity contribution in [2.45, 2.75) is 5.92 Å². The molecule has 0 aliphatic carbocycles. The molecule has 26 heavy (non-hydrogen) atoms. The highest BCUT2D eigenvalue weighted by molar-refractivity contribution is 5.97. The molecule has 4 nitrogen and oxygen atoms in total. The van der Waals surface area contributed by atoms with Gasteiger partial charge in [0.25, 0.3) is 0 Å². The summed E-state index contributed by atoms with van der Waals surface area (Å²) in [7, 11) is 0. The average molecular weight is 343 g/mol. The third-order valence-corrected chi connectivity index (χ3v) is 4.48. The van der Waals surface area contributed by atoms with E-state index in [1.807, 2.05) is 53.5 Å².